The number of nitrogens with two attached hydrogens (primary N) is 1. The zero-order chi connectivity index (χ0) is 21.5. The summed E-state index contributed by atoms with van der Waals surface area (Å²) < 4.78 is 30.5. The fourth-order valence-electron chi connectivity index (χ4n) is 3.37. The van der Waals surface area contributed by atoms with Gasteiger partial charge < -0.3 is 5.73 Å². The summed E-state index contributed by atoms with van der Waals surface area (Å²) in [4.78, 5) is 17.8. The Bertz CT molecular complexity index is 1430. The number of benzene rings is 1. The number of hydrogen-bond acceptors (Lipinski definition) is 5. The van der Waals surface area contributed by atoms with E-state index < -0.39 is 9.84 Å². The largest absolute Gasteiger partial charge is 0.317 e. The van der Waals surface area contributed by atoms with Crippen LogP contribution in [0.4, 0.5) is 5.82 Å². The van der Waals surface area contributed by atoms with E-state index in [9.17, 15) is 13.2 Å². The van der Waals surface area contributed by atoms with E-state index in [0.717, 1.165) is 17.3 Å². The number of nitrogens with zero attached hydrogens (tertiary/aromatic N) is 3. The molecule has 4 rings (SSSR count). The molecule has 0 aliphatic heterocycles. The monoisotopic (exact) mass is 487 g/mol. The smallest absolute Gasteiger partial charge is 0.278 e. The van der Waals surface area contributed by atoms with Gasteiger partial charge in [-0.25, -0.2) is 13.0 Å². The molecule has 0 unspecified atom stereocenters. The summed E-state index contributed by atoms with van der Waals surface area (Å²) in [6.07, 6.45) is 3.26. The Labute approximate surface area is 181 Å². The molecule has 7 nitrogen and oxygen atoms in total. The number of halogens is 1. The van der Waals surface area contributed by atoms with Crippen LogP contribution in [0, 0.1) is 0 Å². The second kappa shape index (κ2) is 7.81. The number of hydrogen-bond donors (Lipinski definition) is 1. The third-order valence-corrected chi connectivity index (χ3v) is 7.30. The molecule has 4 aromatic rings. The van der Waals surface area contributed by atoms with E-state index in [1.54, 1.807) is 41.1 Å². The first-order valence-electron chi connectivity index (χ1n) is 9.48. The van der Waals surface area contributed by atoms with E-state index in [1.165, 1.54) is 22.6 Å². The highest BCUT2D eigenvalue weighted by atomic mass is 79.9. The molecule has 30 heavy (non-hydrogen) atoms. The van der Waals surface area contributed by atoms with Crippen LogP contribution < -0.4 is 15.9 Å². The number of unbranched alkanes of at least 4 members (excludes halogenated alkanes) is 1. The van der Waals surface area contributed by atoms with Gasteiger partial charge in [0.15, 0.2) is 0 Å². The van der Waals surface area contributed by atoms with Crippen LogP contribution in [-0.2, 0) is 16.4 Å². The maximum atomic E-state index is 13.4. The summed E-state index contributed by atoms with van der Waals surface area (Å²) in [6.45, 7) is 2.48. The molecule has 1 aromatic carbocycles. The number of pyridine rings is 2. The van der Waals surface area contributed by atoms with E-state index in [2.05, 4.69) is 20.9 Å². The number of fused-ring (bicyclic) bond motifs is 2. The first-order valence-corrected chi connectivity index (χ1v) is 11.8. The third kappa shape index (κ3) is 3.37. The molecule has 0 saturated heterocycles. The SMILES string of the molecule is CCCC[n+]1c(N)c(S(=O)(=O)c2ccc(Br)cc2)cc2c(=O)n3ccccc3nc21. The number of aryl methyl sites for hydroxylation is 1. The van der Waals surface area contributed by atoms with E-state index in [4.69, 9.17) is 5.73 Å². The van der Waals surface area contributed by atoms with Crippen molar-refractivity contribution in [2.45, 2.75) is 36.1 Å². The lowest BCUT2D eigenvalue weighted by Crippen LogP contribution is -2.41. The van der Waals surface area contributed by atoms with Crippen LogP contribution in [0.3, 0.4) is 0 Å². The molecule has 2 N–H and O–H groups in total. The lowest BCUT2D eigenvalue weighted by molar-refractivity contribution is -0.660. The van der Waals surface area contributed by atoms with Crippen molar-refractivity contribution >= 4 is 48.3 Å². The summed E-state index contributed by atoms with van der Waals surface area (Å²) in [5.74, 6) is 0.0750. The number of sulfone groups is 1. The van der Waals surface area contributed by atoms with Gasteiger partial charge in [0.2, 0.25) is 21.3 Å². The van der Waals surface area contributed by atoms with Gasteiger partial charge in [-0.2, -0.15) is 0 Å². The van der Waals surface area contributed by atoms with E-state index in [-0.39, 0.29) is 26.6 Å². The predicted octanol–water partition coefficient (Wildman–Crippen LogP) is 3.11. The van der Waals surface area contributed by atoms with Crippen LogP contribution in [0.2, 0.25) is 0 Å². The molecule has 0 fully saturated rings. The van der Waals surface area contributed by atoms with E-state index in [0.29, 0.717) is 17.8 Å². The van der Waals surface area contributed by atoms with Gasteiger partial charge in [0.05, 0.1) is 11.4 Å². The molecule has 0 saturated carbocycles. The van der Waals surface area contributed by atoms with Gasteiger partial charge >= 0.3 is 0 Å². The molecule has 0 amide bonds. The molecule has 0 radical (unpaired) electrons. The maximum absolute atomic E-state index is 13.4. The van der Waals surface area contributed by atoms with Crippen molar-refractivity contribution in [2.24, 2.45) is 0 Å². The highest BCUT2D eigenvalue weighted by molar-refractivity contribution is 9.10. The summed E-state index contributed by atoms with van der Waals surface area (Å²) in [5.41, 5.74) is 6.88. The minimum absolute atomic E-state index is 0.0750. The number of rotatable bonds is 5. The average molecular weight is 488 g/mol. The van der Waals surface area contributed by atoms with Gasteiger partial charge in [0.1, 0.15) is 10.3 Å². The van der Waals surface area contributed by atoms with Crippen molar-refractivity contribution < 1.29 is 13.0 Å². The lowest BCUT2D eigenvalue weighted by Gasteiger charge is -2.12. The summed E-state index contributed by atoms with van der Waals surface area (Å²) in [6, 6.07) is 12.9. The highest BCUT2D eigenvalue weighted by Crippen LogP contribution is 2.27. The van der Waals surface area contributed by atoms with Crippen molar-refractivity contribution in [1.29, 1.82) is 0 Å². The zero-order valence-electron chi connectivity index (χ0n) is 16.2. The first kappa shape index (κ1) is 20.5. The average Bonchev–Trinajstić information content (AvgIpc) is 2.73. The number of anilines is 1. The Morgan fingerprint density at radius 1 is 1.17 bits per heavy atom. The fraction of sp³-hybridized carbons (Fsp3) is 0.190. The molecular weight excluding hydrogens is 468 g/mol. The Hall–Kier alpha value is -2.78. The van der Waals surface area contributed by atoms with Crippen LogP contribution in [-0.4, -0.2) is 17.8 Å². The molecule has 0 aliphatic carbocycles. The summed E-state index contributed by atoms with van der Waals surface area (Å²) in [7, 11) is -3.94. The molecule has 0 bridgehead atoms. The number of aromatic nitrogens is 3. The molecule has 3 heterocycles. The molecular formula is C21H20BrN4O3S+. The van der Waals surface area contributed by atoms with Crippen LogP contribution in [0.5, 0.6) is 0 Å². The molecule has 9 heteroatoms. The third-order valence-electron chi connectivity index (χ3n) is 4.97. The Balaban J connectivity index is 2.09. The van der Waals surface area contributed by atoms with Crippen molar-refractivity contribution in [3.8, 4) is 0 Å². The van der Waals surface area contributed by atoms with Gasteiger partial charge in [-0.05, 0) is 48.9 Å². The van der Waals surface area contributed by atoms with Crippen LogP contribution in [0.1, 0.15) is 19.8 Å². The summed E-state index contributed by atoms with van der Waals surface area (Å²) in [5, 5.41) is 0.208. The van der Waals surface area contributed by atoms with Crippen molar-refractivity contribution in [2.75, 3.05) is 5.73 Å². The van der Waals surface area contributed by atoms with Crippen molar-refractivity contribution in [3.63, 3.8) is 0 Å². The summed E-state index contributed by atoms with van der Waals surface area (Å²) >= 11 is 3.31. The van der Waals surface area contributed by atoms with Gasteiger partial charge in [0.25, 0.3) is 11.2 Å². The van der Waals surface area contributed by atoms with Crippen molar-refractivity contribution in [3.05, 3.63) is 69.6 Å². The topological polar surface area (TPSA) is 98.4 Å². The molecule has 0 atom stereocenters. The highest BCUT2D eigenvalue weighted by Gasteiger charge is 2.29. The minimum atomic E-state index is -3.94. The zero-order valence-corrected chi connectivity index (χ0v) is 18.6. The molecule has 0 aliphatic rings. The standard InChI is InChI=1S/C21H19BrN4O3S/c1-2-3-11-26-19(23)17(30(28,29)15-9-7-14(22)8-10-15)13-16-20(26)24-18-6-4-5-12-25(18)21(16)27/h4-10,12-13,23H,2-3,11H2,1H3/p+1. The second-order valence-corrected chi connectivity index (χ2v) is 9.77. The molecule has 154 valence electrons. The van der Waals surface area contributed by atoms with Crippen LogP contribution in [0.25, 0.3) is 16.7 Å². The second-order valence-electron chi connectivity index (χ2n) is 6.94. The number of nitrogen functional groups attached to an aromatic ring is 1. The van der Waals surface area contributed by atoms with E-state index >= 15 is 0 Å². The maximum Gasteiger partial charge on any atom is 0.278 e. The van der Waals surface area contributed by atoms with Gasteiger partial charge in [0, 0.05) is 10.7 Å². The molecule has 3 aromatic heterocycles. The van der Waals surface area contributed by atoms with Crippen LogP contribution in [0.15, 0.2) is 73.8 Å². The van der Waals surface area contributed by atoms with Crippen molar-refractivity contribution in [1.82, 2.24) is 9.38 Å². The Morgan fingerprint density at radius 2 is 1.90 bits per heavy atom. The Morgan fingerprint density at radius 3 is 2.60 bits per heavy atom. The minimum Gasteiger partial charge on any atom is -0.317 e. The Kier molecular flexibility index (Phi) is 5.33. The normalized spacial score (nSPS) is 11.9. The van der Waals surface area contributed by atoms with Gasteiger partial charge in [-0.3, -0.25) is 9.20 Å². The van der Waals surface area contributed by atoms with Gasteiger partial charge in [-0.1, -0.05) is 40.3 Å². The fourth-order valence-corrected chi connectivity index (χ4v) is 5.04. The molecule has 0 spiro atoms. The quantitative estimate of drug-likeness (QED) is 0.344. The first-order chi connectivity index (χ1) is 14.3. The lowest BCUT2D eigenvalue weighted by atomic mass is 10.2. The van der Waals surface area contributed by atoms with E-state index in [1.807, 2.05) is 6.92 Å². The van der Waals surface area contributed by atoms with Gasteiger partial charge in [-0.15, -0.1) is 0 Å². The van der Waals surface area contributed by atoms with Crippen LogP contribution >= 0.6 is 15.9 Å². The predicted molar refractivity (Wildman–Crippen MR) is 118 cm³/mol.